The molecule has 2 aromatic carbocycles. The Balaban J connectivity index is 2.17. The zero-order chi connectivity index (χ0) is 24.7. The molecule has 1 atom stereocenters. The molecule has 1 unspecified atom stereocenters. The van der Waals surface area contributed by atoms with Crippen LogP contribution in [0.1, 0.15) is 50.7 Å². The number of hydrogen-bond acceptors (Lipinski definition) is 5. The predicted molar refractivity (Wildman–Crippen MR) is 122 cm³/mol. The second-order valence-electron chi connectivity index (χ2n) is 7.77. The molecule has 1 amide bonds. The number of unbranched alkanes of at least 4 members (excludes halogenated alkanes) is 2. The Morgan fingerprint density at radius 1 is 1.06 bits per heavy atom. The summed E-state index contributed by atoms with van der Waals surface area (Å²) in [4.78, 5) is 30.7. The highest BCUT2D eigenvalue weighted by molar-refractivity contribution is 6.21. The van der Waals surface area contributed by atoms with Crippen molar-refractivity contribution < 1.29 is 32.2 Å². The Bertz CT molecular complexity index is 1040. The number of alkyl halides is 3. The molecule has 0 bridgehead atoms. The number of halogens is 3. The number of carbonyl (C=O) groups is 2. The third-order valence-corrected chi connectivity index (χ3v) is 5.17. The number of nitrogens with zero attached hydrogens (tertiary/aromatic N) is 2. The van der Waals surface area contributed by atoms with Gasteiger partial charge in [0.2, 0.25) is 0 Å². The van der Waals surface area contributed by atoms with Crippen LogP contribution in [0.25, 0.3) is 0 Å². The van der Waals surface area contributed by atoms with E-state index in [-0.39, 0.29) is 35.7 Å². The lowest BCUT2D eigenvalue weighted by molar-refractivity contribution is -0.156. The topological polar surface area (TPSA) is 68.2 Å². The SMILES string of the molecule is CCCCCC(=O)OC1N=C(c2ccccc2)c2c(OCC)cccc2N(CC(F)(F)F)C1=O. The molecule has 9 heteroatoms. The Morgan fingerprint density at radius 3 is 2.44 bits per heavy atom. The van der Waals surface area contributed by atoms with E-state index in [0.717, 1.165) is 12.8 Å². The van der Waals surface area contributed by atoms with Crippen molar-refractivity contribution in [3.63, 3.8) is 0 Å². The Hall–Kier alpha value is -3.36. The Kier molecular flexibility index (Phi) is 8.31. The van der Waals surface area contributed by atoms with E-state index in [1.54, 1.807) is 43.3 Å². The van der Waals surface area contributed by atoms with Gasteiger partial charge in [-0.25, -0.2) is 4.99 Å². The van der Waals surface area contributed by atoms with Crippen molar-refractivity contribution in [2.75, 3.05) is 18.1 Å². The van der Waals surface area contributed by atoms with E-state index in [1.165, 1.54) is 12.1 Å². The first-order valence-corrected chi connectivity index (χ1v) is 11.2. The summed E-state index contributed by atoms with van der Waals surface area (Å²) in [6.07, 6.45) is -4.19. The highest BCUT2D eigenvalue weighted by Crippen LogP contribution is 2.37. The largest absolute Gasteiger partial charge is 0.493 e. The van der Waals surface area contributed by atoms with Crippen molar-refractivity contribution >= 4 is 23.3 Å². The van der Waals surface area contributed by atoms with Crippen LogP contribution in [-0.2, 0) is 14.3 Å². The molecule has 0 aliphatic carbocycles. The summed E-state index contributed by atoms with van der Waals surface area (Å²) in [6, 6.07) is 13.2. The van der Waals surface area contributed by atoms with Crippen molar-refractivity contribution in [3.8, 4) is 5.75 Å². The van der Waals surface area contributed by atoms with Crippen LogP contribution in [-0.4, -0.2) is 43.1 Å². The van der Waals surface area contributed by atoms with Crippen LogP contribution in [0.15, 0.2) is 53.5 Å². The maximum absolute atomic E-state index is 13.5. The van der Waals surface area contributed by atoms with E-state index in [1.807, 2.05) is 6.92 Å². The van der Waals surface area contributed by atoms with Gasteiger partial charge in [-0.2, -0.15) is 13.2 Å². The number of ether oxygens (including phenoxy) is 2. The van der Waals surface area contributed by atoms with Gasteiger partial charge in [0.25, 0.3) is 12.1 Å². The fourth-order valence-corrected chi connectivity index (χ4v) is 3.68. The molecule has 1 aliphatic rings. The molecule has 0 saturated heterocycles. The summed E-state index contributed by atoms with van der Waals surface area (Å²) < 4.78 is 51.6. The first-order chi connectivity index (χ1) is 16.2. The average molecular weight is 476 g/mol. The molecule has 34 heavy (non-hydrogen) atoms. The number of amides is 1. The van der Waals surface area contributed by atoms with Crippen LogP contribution in [0.3, 0.4) is 0 Å². The van der Waals surface area contributed by atoms with Crippen molar-refractivity contribution in [1.82, 2.24) is 0 Å². The van der Waals surface area contributed by atoms with Gasteiger partial charge < -0.3 is 9.47 Å². The fraction of sp³-hybridized carbons (Fsp3) is 0.400. The number of benzene rings is 2. The van der Waals surface area contributed by atoms with Gasteiger partial charge in [0.05, 0.1) is 23.6 Å². The van der Waals surface area contributed by atoms with Crippen LogP contribution < -0.4 is 9.64 Å². The second-order valence-corrected chi connectivity index (χ2v) is 7.77. The number of carbonyl (C=O) groups excluding carboxylic acids is 2. The van der Waals surface area contributed by atoms with E-state index >= 15 is 0 Å². The molecule has 3 rings (SSSR count). The van der Waals surface area contributed by atoms with Gasteiger partial charge in [-0.15, -0.1) is 0 Å². The number of hydrogen-bond donors (Lipinski definition) is 0. The van der Waals surface area contributed by atoms with Gasteiger partial charge in [0, 0.05) is 12.0 Å². The molecule has 0 N–H and O–H groups in total. The molecule has 6 nitrogen and oxygen atoms in total. The number of rotatable bonds is 9. The highest BCUT2D eigenvalue weighted by Gasteiger charge is 2.41. The van der Waals surface area contributed by atoms with Crippen molar-refractivity contribution in [1.29, 1.82) is 0 Å². The third kappa shape index (κ3) is 6.15. The number of fused-ring (bicyclic) bond motifs is 1. The van der Waals surface area contributed by atoms with Gasteiger partial charge in [-0.05, 0) is 25.5 Å². The number of benzodiazepines with no additional fused rings is 1. The van der Waals surface area contributed by atoms with Gasteiger partial charge in [0.1, 0.15) is 12.3 Å². The number of aliphatic imine (C=N–C) groups is 1. The van der Waals surface area contributed by atoms with Gasteiger partial charge in [0.15, 0.2) is 0 Å². The normalized spacial score (nSPS) is 15.9. The minimum Gasteiger partial charge on any atom is -0.493 e. The fourth-order valence-electron chi connectivity index (χ4n) is 3.68. The Labute approximate surface area is 196 Å². The maximum Gasteiger partial charge on any atom is 0.406 e. The molecule has 2 aromatic rings. The zero-order valence-electron chi connectivity index (χ0n) is 19.1. The van der Waals surface area contributed by atoms with E-state index in [4.69, 9.17) is 9.47 Å². The maximum atomic E-state index is 13.5. The molecule has 0 saturated carbocycles. The first kappa shape index (κ1) is 25.3. The summed E-state index contributed by atoms with van der Waals surface area (Å²) in [7, 11) is 0. The number of anilines is 1. The molecule has 0 spiro atoms. The molecule has 1 heterocycles. The standard InChI is InChI=1S/C25H27F3N2O4/c1-3-5-7-15-20(31)34-23-24(32)30(16-25(26,27)28)18-13-10-14-19(33-4-2)21(18)22(29-23)17-11-8-6-9-12-17/h6,8-14,23H,3-5,7,15-16H2,1-2H3. The third-order valence-electron chi connectivity index (χ3n) is 5.17. The van der Waals surface area contributed by atoms with Crippen LogP contribution in [0.2, 0.25) is 0 Å². The Morgan fingerprint density at radius 2 is 1.79 bits per heavy atom. The van der Waals surface area contributed by atoms with Crippen LogP contribution in [0, 0.1) is 0 Å². The summed E-state index contributed by atoms with van der Waals surface area (Å²) in [5.74, 6) is -1.48. The van der Waals surface area contributed by atoms with Crippen LogP contribution >= 0.6 is 0 Å². The van der Waals surface area contributed by atoms with E-state index in [2.05, 4.69) is 4.99 Å². The average Bonchev–Trinajstić information content (AvgIpc) is 2.90. The molecule has 0 radical (unpaired) electrons. The minimum absolute atomic E-state index is 0.0135. The van der Waals surface area contributed by atoms with Crippen LogP contribution in [0.4, 0.5) is 18.9 Å². The quantitative estimate of drug-likeness (QED) is 0.365. The summed E-state index contributed by atoms with van der Waals surface area (Å²) >= 11 is 0. The smallest absolute Gasteiger partial charge is 0.406 e. The predicted octanol–water partition coefficient (Wildman–Crippen LogP) is 5.28. The summed E-state index contributed by atoms with van der Waals surface area (Å²) in [5, 5.41) is 0. The van der Waals surface area contributed by atoms with E-state index in [0.29, 0.717) is 16.9 Å². The molecule has 1 aliphatic heterocycles. The minimum atomic E-state index is -4.69. The first-order valence-electron chi connectivity index (χ1n) is 11.2. The van der Waals surface area contributed by atoms with Crippen molar-refractivity contribution in [2.45, 2.75) is 51.9 Å². The molecular formula is C25H27F3N2O4. The zero-order valence-corrected chi connectivity index (χ0v) is 19.1. The lowest BCUT2D eigenvalue weighted by Gasteiger charge is -2.26. The lowest BCUT2D eigenvalue weighted by atomic mass is 9.99. The van der Waals surface area contributed by atoms with E-state index in [9.17, 15) is 22.8 Å². The summed E-state index contributed by atoms with van der Waals surface area (Å²) in [5.41, 5.74) is 0.978. The molecule has 0 aromatic heterocycles. The van der Waals surface area contributed by atoms with Gasteiger partial charge in [-0.3, -0.25) is 14.5 Å². The highest BCUT2D eigenvalue weighted by atomic mass is 19.4. The molecule has 0 fully saturated rings. The van der Waals surface area contributed by atoms with Gasteiger partial charge in [-0.1, -0.05) is 56.2 Å². The monoisotopic (exact) mass is 476 g/mol. The molecule has 182 valence electrons. The molecular weight excluding hydrogens is 449 g/mol. The lowest BCUT2D eigenvalue weighted by Crippen LogP contribution is -2.45. The van der Waals surface area contributed by atoms with E-state index < -0.39 is 30.8 Å². The van der Waals surface area contributed by atoms with Crippen molar-refractivity contribution in [2.24, 2.45) is 4.99 Å². The second kappa shape index (κ2) is 11.2. The summed E-state index contributed by atoms with van der Waals surface area (Å²) in [6.45, 7) is 2.41. The van der Waals surface area contributed by atoms with Gasteiger partial charge >= 0.3 is 12.1 Å². The number of esters is 1. The van der Waals surface area contributed by atoms with Crippen LogP contribution in [0.5, 0.6) is 5.75 Å². The van der Waals surface area contributed by atoms with Crippen molar-refractivity contribution in [3.05, 3.63) is 59.7 Å².